The van der Waals surface area contributed by atoms with Crippen molar-refractivity contribution in [1.29, 1.82) is 0 Å². The molecule has 2 rings (SSSR count). The average Bonchev–Trinajstić information content (AvgIpc) is 2.36. The second-order valence-corrected chi connectivity index (χ2v) is 4.45. The number of hydrogen-bond acceptors (Lipinski definition) is 4. The van der Waals surface area contributed by atoms with Crippen LogP contribution in [-0.2, 0) is 6.42 Å². The molecule has 1 aromatic rings. The van der Waals surface area contributed by atoms with Gasteiger partial charge in [-0.3, -0.25) is 0 Å². The highest BCUT2D eigenvalue weighted by molar-refractivity contribution is 5.51. The molecule has 2 atom stereocenters. The fourth-order valence-corrected chi connectivity index (χ4v) is 2.07. The minimum atomic E-state index is 0.135. The van der Waals surface area contributed by atoms with E-state index in [4.69, 9.17) is 19.9 Å². The highest BCUT2D eigenvalue weighted by atomic mass is 16.5. The van der Waals surface area contributed by atoms with Gasteiger partial charge in [-0.15, -0.1) is 0 Å². The molecule has 1 unspecified atom stereocenters. The molecule has 1 aliphatic rings. The SMILES string of the molecule is COc1cc2c(cc1OC)OCC([C@H](C)N)C2. The molecule has 4 nitrogen and oxygen atoms in total. The van der Waals surface area contributed by atoms with Gasteiger partial charge >= 0.3 is 0 Å². The Bertz CT molecular complexity index is 404. The van der Waals surface area contributed by atoms with Gasteiger partial charge in [0.05, 0.1) is 20.8 Å². The Balaban J connectivity index is 2.32. The summed E-state index contributed by atoms with van der Waals surface area (Å²) in [5.74, 6) is 2.67. The van der Waals surface area contributed by atoms with Crippen LogP contribution < -0.4 is 19.9 Å². The van der Waals surface area contributed by atoms with Crippen LogP contribution in [0, 0.1) is 5.92 Å². The van der Waals surface area contributed by atoms with Crippen LogP contribution in [0.4, 0.5) is 0 Å². The summed E-state index contributed by atoms with van der Waals surface area (Å²) in [7, 11) is 3.26. The molecule has 0 saturated carbocycles. The van der Waals surface area contributed by atoms with Crippen molar-refractivity contribution in [2.45, 2.75) is 19.4 Å². The van der Waals surface area contributed by atoms with Crippen molar-refractivity contribution >= 4 is 0 Å². The van der Waals surface area contributed by atoms with E-state index in [1.807, 2.05) is 19.1 Å². The van der Waals surface area contributed by atoms with E-state index in [-0.39, 0.29) is 6.04 Å². The maximum atomic E-state index is 5.91. The number of methoxy groups -OCH3 is 2. The molecule has 1 aliphatic heterocycles. The standard InChI is InChI=1S/C13H19NO3/c1-8(14)10-4-9-5-12(15-2)13(16-3)6-11(9)17-7-10/h5-6,8,10H,4,7,14H2,1-3H3/t8-,10?/m0/s1. The van der Waals surface area contributed by atoms with Gasteiger partial charge in [0.25, 0.3) is 0 Å². The first-order valence-corrected chi connectivity index (χ1v) is 5.79. The van der Waals surface area contributed by atoms with Gasteiger partial charge < -0.3 is 19.9 Å². The highest BCUT2D eigenvalue weighted by Crippen LogP contribution is 2.38. The molecular weight excluding hydrogens is 218 g/mol. The van der Waals surface area contributed by atoms with Crippen molar-refractivity contribution < 1.29 is 14.2 Å². The van der Waals surface area contributed by atoms with Gasteiger partial charge in [-0.2, -0.15) is 0 Å². The van der Waals surface area contributed by atoms with Crippen LogP contribution in [0.5, 0.6) is 17.2 Å². The van der Waals surface area contributed by atoms with E-state index in [1.54, 1.807) is 14.2 Å². The van der Waals surface area contributed by atoms with Crippen LogP contribution in [0.3, 0.4) is 0 Å². The van der Waals surface area contributed by atoms with E-state index in [9.17, 15) is 0 Å². The Morgan fingerprint density at radius 2 is 1.94 bits per heavy atom. The molecule has 0 spiro atoms. The summed E-state index contributed by atoms with van der Waals surface area (Å²) in [6, 6.07) is 3.99. The summed E-state index contributed by atoms with van der Waals surface area (Å²) in [5.41, 5.74) is 7.05. The predicted molar refractivity (Wildman–Crippen MR) is 65.9 cm³/mol. The lowest BCUT2D eigenvalue weighted by Gasteiger charge is -2.28. The minimum Gasteiger partial charge on any atom is -0.493 e. The summed E-state index contributed by atoms with van der Waals surface area (Å²) in [4.78, 5) is 0. The van der Waals surface area contributed by atoms with Crippen molar-refractivity contribution in [3.63, 3.8) is 0 Å². The zero-order valence-electron chi connectivity index (χ0n) is 10.5. The zero-order valence-corrected chi connectivity index (χ0v) is 10.5. The van der Waals surface area contributed by atoms with Crippen molar-refractivity contribution in [2.75, 3.05) is 20.8 Å². The van der Waals surface area contributed by atoms with Gasteiger partial charge in [-0.1, -0.05) is 0 Å². The highest BCUT2D eigenvalue weighted by Gasteiger charge is 2.24. The normalized spacial score (nSPS) is 20.1. The van der Waals surface area contributed by atoms with Crippen LogP contribution in [0.1, 0.15) is 12.5 Å². The van der Waals surface area contributed by atoms with Gasteiger partial charge in [0.15, 0.2) is 11.5 Å². The van der Waals surface area contributed by atoms with Gasteiger partial charge in [0.2, 0.25) is 0 Å². The summed E-state index contributed by atoms with van der Waals surface area (Å²) in [5, 5.41) is 0. The first kappa shape index (κ1) is 12.0. The fourth-order valence-electron chi connectivity index (χ4n) is 2.07. The third-order valence-electron chi connectivity index (χ3n) is 3.25. The second-order valence-electron chi connectivity index (χ2n) is 4.45. The van der Waals surface area contributed by atoms with E-state index in [1.165, 1.54) is 0 Å². The lowest BCUT2D eigenvalue weighted by Crippen LogP contribution is -2.35. The van der Waals surface area contributed by atoms with E-state index in [0.29, 0.717) is 18.3 Å². The molecule has 1 aromatic carbocycles. The lowest BCUT2D eigenvalue weighted by atomic mass is 9.91. The lowest BCUT2D eigenvalue weighted by molar-refractivity contribution is 0.202. The Morgan fingerprint density at radius 3 is 2.53 bits per heavy atom. The Labute approximate surface area is 102 Å². The molecule has 94 valence electrons. The third kappa shape index (κ3) is 2.31. The van der Waals surface area contributed by atoms with Crippen LogP contribution in [-0.4, -0.2) is 26.9 Å². The number of hydrogen-bond donors (Lipinski definition) is 1. The first-order valence-electron chi connectivity index (χ1n) is 5.79. The molecule has 0 saturated heterocycles. The molecule has 4 heteroatoms. The van der Waals surface area contributed by atoms with E-state index in [2.05, 4.69) is 0 Å². The van der Waals surface area contributed by atoms with Crippen LogP contribution in [0.25, 0.3) is 0 Å². The molecule has 0 radical (unpaired) electrons. The first-order chi connectivity index (χ1) is 8.15. The van der Waals surface area contributed by atoms with Crippen LogP contribution in [0.2, 0.25) is 0 Å². The summed E-state index contributed by atoms with van der Waals surface area (Å²) >= 11 is 0. The smallest absolute Gasteiger partial charge is 0.164 e. The quantitative estimate of drug-likeness (QED) is 0.867. The number of rotatable bonds is 3. The zero-order chi connectivity index (χ0) is 12.4. The van der Waals surface area contributed by atoms with Crippen molar-refractivity contribution in [1.82, 2.24) is 0 Å². The van der Waals surface area contributed by atoms with Gasteiger partial charge in [-0.25, -0.2) is 0 Å². The van der Waals surface area contributed by atoms with E-state index >= 15 is 0 Å². The minimum absolute atomic E-state index is 0.135. The van der Waals surface area contributed by atoms with Crippen LogP contribution >= 0.6 is 0 Å². The largest absolute Gasteiger partial charge is 0.493 e. The molecule has 17 heavy (non-hydrogen) atoms. The topological polar surface area (TPSA) is 53.7 Å². The van der Waals surface area contributed by atoms with Crippen molar-refractivity contribution in [2.24, 2.45) is 11.7 Å². The van der Waals surface area contributed by atoms with E-state index < -0.39 is 0 Å². The monoisotopic (exact) mass is 237 g/mol. The summed E-state index contributed by atoms with van der Waals surface area (Å²) < 4.78 is 16.3. The average molecular weight is 237 g/mol. The third-order valence-corrected chi connectivity index (χ3v) is 3.25. The van der Waals surface area contributed by atoms with Gasteiger partial charge in [-0.05, 0) is 25.0 Å². The molecule has 0 aromatic heterocycles. The summed E-state index contributed by atoms with van der Waals surface area (Å²) in [6.45, 7) is 2.68. The maximum Gasteiger partial charge on any atom is 0.164 e. The molecule has 0 fully saturated rings. The number of ether oxygens (including phenoxy) is 3. The van der Waals surface area contributed by atoms with E-state index in [0.717, 1.165) is 23.5 Å². The number of nitrogens with two attached hydrogens (primary N) is 1. The molecular formula is C13H19NO3. The number of fused-ring (bicyclic) bond motifs is 1. The van der Waals surface area contributed by atoms with Crippen LogP contribution in [0.15, 0.2) is 12.1 Å². The number of benzene rings is 1. The molecule has 1 heterocycles. The van der Waals surface area contributed by atoms with Crippen molar-refractivity contribution in [3.8, 4) is 17.2 Å². The molecule has 2 N–H and O–H groups in total. The van der Waals surface area contributed by atoms with Gasteiger partial charge in [0.1, 0.15) is 5.75 Å². The molecule has 0 bridgehead atoms. The molecule has 0 amide bonds. The van der Waals surface area contributed by atoms with Gasteiger partial charge in [0, 0.05) is 18.0 Å². The predicted octanol–water partition coefficient (Wildman–Crippen LogP) is 1.60. The Kier molecular flexibility index (Phi) is 3.43. The summed E-state index contributed by atoms with van der Waals surface area (Å²) in [6.07, 6.45) is 0.924. The van der Waals surface area contributed by atoms with Crippen molar-refractivity contribution in [3.05, 3.63) is 17.7 Å². The maximum absolute atomic E-state index is 5.91. The Morgan fingerprint density at radius 1 is 1.29 bits per heavy atom. The Hall–Kier alpha value is -1.42. The molecule has 0 aliphatic carbocycles. The second kappa shape index (κ2) is 4.84. The fraction of sp³-hybridized carbons (Fsp3) is 0.538.